The normalized spacial score (nSPS) is 17.9. The standard InChI is InChI=1S/C14H12/c1-2-4-11(5-3-1)8-14-10-12-6-7-13(14)9-12/h1-7,10H,8-9H2. The monoisotopic (exact) mass is 180 g/mol. The fourth-order valence-corrected chi connectivity index (χ4v) is 2.16. The predicted octanol–water partition coefficient (Wildman–Crippen LogP) is 3.43. The van der Waals surface area contributed by atoms with Crippen LogP contribution in [0.1, 0.15) is 12.0 Å². The summed E-state index contributed by atoms with van der Waals surface area (Å²) in [6.45, 7) is 0. The lowest BCUT2D eigenvalue weighted by atomic mass is 10.0. The second-order valence-electron chi connectivity index (χ2n) is 3.94. The third-order valence-electron chi connectivity index (χ3n) is 2.90. The van der Waals surface area contributed by atoms with Gasteiger partial charge >= 0.3 is 0 Å². The van der Waals surface area contributed by atoms with Crippen LogP contribution in [0.3, 0.4) is 0 Å². The summed E-state index contributed by atoms with van der Waals surface area (Å²) in [4.78, 5) is 0. The smallest absolute Gasteiger partial charge is 0.00228 e. The Morgan fingerprint density at radius 2 is 1.86 bits per heavy atom. The van der Waals surface area contributed by atoms with Crippen molar-refractivity contribution in [2.75, 3.05) is 0 Å². The molecular formula is C14H12. The summed E-state index contributed by atoms with van der Waals surface area (Å²) in [6, 6.07) is 10.7. The lowest BCUT2D eigenvalue weighted by Gasteiger charge is -2.03. The van der Waals surface area contributed by atoms with Crippen molar-refractivity contribution in [3.63, 3.8) is 0 Å². The second-order valence-corrected chi connectivity index (χ2v) is 3.94. The van der Waals surface area contributed by atoms with Crippen molar-refractivity contribution in [2.24, 2.45) is 0 Å². The third kappa shape index (κ3) is 1.24. The number of rotatable bonds is 2. The van der Waals surface area contributed by atoms with E-state index in [0.717, 1.165) is 6.42 Å². The first-order valence-corrected chi connectivity index (χ1v) is 5.06. The van der Waals surface area contributed by atoms with E-state index < -0.39 is 0 Å². The van der Waals surface area contributed by atoms with Crippen molar-refractivity contribution in [1.29, 1.82) is 0 Å². The second kappa shape index (κ2) is 2.98. The zero-order valence-corrected chi connectivity index (χ0v) is 8.03. The van der Waals surface area contributed by atoms with Crippen molar-refractivity contribution in [2.45, 2.75) is 12.8 Å². The third-order valence-corrected chi connectivity index (χ3v) is 2.90. The Morgan fingerprint density at radius 3 is 2.50 bits per heavy atom. The Labute approximate surface area is 84.3 Å². The van der Waals surface area contributed by atoms with Crippen molar-refractivity contribution in [3.05, 3.63) is 70.8 Å². The first-order valence-electron chi connectivity index (χ1n) is 5.06. The van der Waals surface area contributed by atoms with Gasteiger partial charge in [-0.2, -0.15) is 0 Å². The summed E-state index contributed by atoms with van der Waals surface area (Å²) in [7, 11) is 0. The molecule has 0 amide bonds. The molecule has 0 nitrogen and oxygen atoms in total. The highest BCUT2D eigenvalue weighted by Gasteiger charge is 2.16. The van der Waals surface area contributed by atoms with E-state index in [1.165, 1.54) is 28.7 Å². The topological polar surface area (TPSA) is 0 Å². The van der Waals surface area contributed by atoms with Crippen LogP contribution in [-0.4, -0.2) is 0 Å². The Balaban J connectivity index is 1.88. The van der Waals surface area contributed by atoms with Crippen molar-refractivity contribution in [1.82, 2.24) is 0 Å². The molecule has 0 saturated heterocycles. The molecule has 1 aromatic carbocycles. The van der Waals surface area contributed by atoms with Gasteiger partial charge in [-0.25, -0.2) is 0 Å². The van der Waals surface area contributed by atoms with E-state index in [4.69, 9.17) is 0 Å². The molecule has 2 aliphatic carbocycles. The van der Waals surface area contributed by atoms with Gasteiger partial charge in [0.25, 0.3) is 0 Å². The van der Waals surface area contributed by atoms with Crippen LogP contribution in [0, 0.1) is 0 Å². The van der Waals surface area contributed by atoms with Crippen LogP contribution >= 0.6 is 0 Å². The maximum atomic E-state index is 2.34. The van der Waals surface area contributed by atoms with E-state index in [0.29, 0.717) is 0 Å². The molecule has 0 radical (unpaired) electrons. The molecular weight excluding hydrogens is 168 g/mol. The minimum atomic E-state index is 1.09. The molecule has 68 valence electrons. The van der Waals surface area contributed by atoms with E-state index in [1.807, 2.05) is 0 Å². The van der Waals surface area contributed by atoms with Crippen LogP contribution in [0.15, 0.2) is 65.3 Å². The van der Waals surface area contributed by atoms with Gasteiger partial charge in [-0.05, 0) is 35.1 Å². The van der Waals surface area contributed by atoms with Crippen LogP contribution in [0.5, 0.6) is 0 Å². The van der Waals surface area contributed by atoms with Crippen LogP contribution in [0.25, 0.3) is 0 Å². The van der Waals surface area contributed by atoms with Crippen LogP contribution in [-0.2, 0) is 6.42 Å². The fraction of sp³-hybridized carbons (Fsp3) is 0.143. The molecule has 2 aliphatic rings. The van der Waals surface area contributed by atoms with E-state index >= 15 is 0 Å². The molecule has 0 saturated carbocycles. The quantitative estimate of drug-likeness (QED) is 0.654. The van der Waals surface area contributed by atoms with Gasteiger partial charge < -0.3 is 0 Å². The van der Waals surface area contributed by atoms with E-state index in [-0.39, 0.29) is 0 Å². The molecule has 0 fully saturated rings. The summed E-state index contributed by atoms with van der Waals surface area (Å²) >= 11 is 0. The summed E-state index contributed by atoms with van der Waals surface area (Å²) < 4.78 is 0. The predicted molar refractivity (Wildman–Crippen MR) is 59.0 cm³/mol. The zero-order chi connectivity index (χ0) is 9.38. The molecule has 0 unspecified atom stereocenters. The molecule has 0 heterocycles. The number of allylic oxidation sites excluding steroid dienone is 6. The summed E-state index contributed by atoms with van der Waals surface area (Å²) in [6.07, 6.45) is 9.08. The van der Waals surface area contributed by atoms with Crippen molar-refractivity contribution >= 4 is 0 Å². The van der Waals surface area contributed by atoms with Gasteiger partial charge in [0.05, 0.1) is 0 Å². The van der Waals surface area contributed by atoms with E-state index in [9.17, 15) is 0 Å². The lowest BCUT2D eigenvalue weighted by molar-refractivity contribution is 1.17. The summed E-state index contributed by atoms with van der Waals surface area (Å²) in [5.41, 5.74) is 5.91. The molecule has 0 N–H and O–H groups in total. The van der Waals surface area contributed by atoms with Gasteiger partial charge in [-0.15, -0.1) is 0 Å². The minimum absolute atomic E-state index is 1.09. The highest BCUT2D eigenvalue weighted by Crippen LogP contribution is 2.34. The van der Waals surface area contributed by atoms with E-state index in [2.05, 4.69) is 48.6 Å². The summed E-state index contributed by atoms with van der Waals surface area (Å²) in [5, 5.41) is 0. The van der Waals surface area contributed by atoms with Crippen molar-refractivity contribution in [3.8, 4) is 0 Å². The van der Waals surface area contributed by atoms with Crippen molar-refractivity contribution < 1.29 is 0 Å². The molecule has 0 heteroatoms. The minimum Gasteiger partial charge on any atom is -0.0622 e. The molecule has 0 aliphatic heterocycles. The van der Waals surface area contributed by atoms with Crippen LogP contribution in [0.2, 0.25) is 0 Å². The first kappa shape index (κ1) is 7.81. The molecule has 0 atom stereocenters. The lowest BCUT2D eigenvalue weighted by Crippen LogP contribution is -1.88. The Kier molecular flexibility index (Phi) is 1.66. The molecule has 14 heavy (non-hydrogen) atoms. The van der Waals surface area contributed by atoms with Gasteiger partial charge in [0.1, 0.15) is 0 Å². The Hall–Kier alpha value is -1.56. The van der Waals surface area contributed by atoms with Gasteiger partial charge in [0.2, 0.25) is 0 Å². The number of fused-ring (bicyclic) bond motifs is 2. The van der Waals surface area contributed by atoms with Crippen LogP contribution in [0.4, 0.5) is 0 Å². The Morgan fingerprint density at radius 1 is 1.00 bits per heavy atom. The average molecular weight is 180 g/mol. The van der Waals surface area contributed by atoms with Crippen LogP contribution < -0.4 is 0 Å². The van der Waals surface area contributed by atoms with Gasteiger partial charge in [-0.3, -0.25) is 0 Å². The fourth-order valence-electron chi connectivity index (χ4n) is 2.16. The number of hydrogen-bond donors (Lipinski definition) is 0. The summed E-state index contributed by atoms with van der Waals surface area (Å²) in [5.74, 6) is 0. The number of hydrogen-bond acceptors (Lipinski definition) is 0. The van der Waals surface area contributed by atoms with Gasteiger partial charge in [0.15, 0.2) is 0 Å². The highest BCUT2D eigenvalue weighted by atomic mass is 14.2. The van der Waals surface area contributed by atoms with Gasteiger partial charge in [0, 0.05) is 0 Å². The molecule has 0 spiro atoms. The maximum absolute atomic E-state index is 2.34. The Bertz CT molecular complexity index is 444. The van der Waals surface area contributed by atoms with Gasteiger partial charge in [-0.1, -0.05) is 48.6 Å². The zero-order valence-electron chi connectivity index (χ0n) is 8.03. The van der Waals surface area contributed by atoms with E-state index in [1.54, 1.807) is 0 Å². The average Bonchev–Trinajstić information content (AvgIpc) is 2.81. The molecule has 1 aromatic rings. The molecule has 0 aromatic heterocycles. The highest BCUT2D eigenvalue weighted by molar-refractivity contribution is 5.55. The molecule has 2 bridgehead atoms. The largest absolute Gasteiger partial charge is 0.0622 e. The molecule has 3 rings (SSSR count). The number of benzene rings is 1. The maximum Gasteiger partial charge on any atom is -0.00228 e. The SMILES string of the molecule is C1=CC2=C(Cc3ccccc3)C=C1C2. The first-order chi connectivity index (χ1) is 6.92.